The maximum atomic E-state index is 9.11. The van der Waals surface area contributed by atoms with Gasteiger partial charge in [-0.05, 0) is 13.0 Å². The van der Waals surface area contributed by atoms with Crippen LogP contribution in [0.4, 0.5) is 0 Å². The van der Waals surface area contributed by atoms with Gasteiger partial charge >= 0.3 is 0 Å². The predicted molar refractivity (Wildman–Crippen MR) is 63.1 cm³/mol. The van der Waals surface area contributed by atoms with Crippen LogP contribution in [0.5, 0.6) is 0 Å². The fraction of sp³-hybridized carbons (Fsp3) is 1.00. The number of rotatable bonds is 9. The highest BCUT2D eigenvalue weighted by molar-refractivity contribution is 4.70. The molecule has 4 nitrogen and oxygen atoms in total. The van der Waals surface area contributed by atoms with Crippen LogP contribution in [0.15, 0.2) is 0 Å². The number of ether oxygens (including phenoxy) is 1. The molecule has 0 amide bonds. The Kier molecular flexibility index (Phi) is 9.00. The zero-order valence-electron chi connectivity index (χ0n) is 10.5. The highest BCUT2D eigenvalue weighted by Gasteiger charge is 2.12. The summed E-state index contributed by atoms with van der Waals surface area (Å²) in [5, 5.41) is 12.2. The normalized spacial score (nSPS) is 13.8. The Hall–Kier alpha value is -0.160. The van der Waals surface area contributed by atoms with E-state index in [2.05, 4.69) is 24.1 Å². The van der Waals surface area contributed by atoms with Crippen LogP contribution in [0.2, 0.25) is 0 Å². The summed E-state index contributed by atoms with van der Waals surface area (Å²) in [6, 6.07) is 0.153. The number of nitrogens with zero attached hydrogens (tertiary/aromatic N) is 1. The van der Waals surface area contributed by atoms with Crippen LogP contribution in [-0.2, 0) is 4.74 Å². The van der Waals surface area contributed by atoms with Gasteiger partial charge in [0.1, 0.15) is 0 Å². The van der Waals surface area contributed by atoms with Crippen LogP contribution < -0.4 is 5.32 Å². The van der Waals surface area contributed by atoms with E-state index in [9.17, 15) is 0 Å². The molecule has 0 radical (unpaired) electrons. The fourth-order valence-electron chi connectivity index (χ4n) is 1.55. The average molecular weight is 218 g/mol. The lowest BCUT2D eigenvalue weighted by Crippen LogP contribution is -2.44. The first kappa shape index (κ1) is 14.8. The molecule has 0 aliphatic heterocycles. The Morgan fingerprint density at radius 2 is 2.00 bits per heavy atom. The van der Waals surface area contributed by atoms with Crippen LogP contribution in [0.1, 0.15) is 13.8 Å². The van der Waals surface area contributed by atoms with Crippen molar-refractivity contribution in [2.75, 3.05) is 47.0 Å². The summed E-state index contributed by atoms with van der Waals surface area (Å²) in [5.74, 6) is 0.637. The SMILES string of the molecule is CNC(CO)CN(CCOC)CC(C)C. The van der Waals surface area contributed by atoms with Crippen LogP contribution in [0, 0.1) is 5.92 Å². The molecule has 0 fully saturated rings. The van der Waals surface area contributed by atoms with Crippen molar-refractivity contribution in [2.24, 2.45) is 5.92 Å². The van der Waals surface area contributed by atoms with Gasteiger partial charge in [-0.1, -0.05) is 13.8 Å². The second kappa shape index (κ2) is 9.09. The summed E-state index contributed by atoms with van der Waals surface area (Å²) in [6.07, 6.45) is 0. The Morgan fingerprint density at radius 3 is 2.40 bits per heavy atom. The molecule has 0 heterocycles. The van der Waals surface area contributed by atoms with Crippen LogP contribution in [-0.4, -0.2) is 63.1 Å². The number of hydrogen-bond acceptors (Lipinski definition) is 4. The molecule has 1 unspecified atom stereocenters. The smallest absolute Gasteiger partial charge is 0.0597 e. The van der Waals surface area contributed by atoms with Gasteiger partial charge in [0.05, 0.1) is 13.2 Å². The summed E-state index contributed by atoms with van der Waals surface area (Å²) in [4.78, 5) is 2.32. The standard InChI is InChI=1S/C11H26N2O2/c1-10(2)7-13(5-6-15-4)8-11(9-14)12-3/h10-12,14H,5-9H2,1-4H3. The van der Waals surface area contributed by atoms with E-state index in [4.69, 9.17) is 9.84 Å². The Bertz CT molecular complexity index is 139. The molecule has 2 N–H and O–H groups in total. The van der Waals surface area contributed by atoms with Gasteiger partial charge in [-0.15, -0.1) is 0 Å². The molecule has 0 saturated heterocycles. The van der Waals surface area contributed by atoms with E-state index in [1.165, 1.54) is 0 Å². The minimum Gasteiger partial charge on any atom is -0.395 e. The molecule has 0 spiro atoms. The zero-order valence-corrected chi connectivity index (χ0v) is 10.5. The molecule has 15 heavy (non-hydrogen) atoms. The quantitative estimate of drug-likeness (QED) is 0.579. The third kappa shape index (κ3) is 7.73. The molecule has 0 bridgehead atoms. The monoisotopic (exact) mass is 218 g/mol. The van der Waals surface area contributed by atoms with E-state index >= 15 is 0 Å². The van der Waals surface area contributed by atoms with Gasteiger partial charge in [0.15, 0.2) is 0 Å². The lowest BCUT2D eigenvalue weighted by molar-refractivity contribution is 0.122. The van der Waals surface area contributed by atoms with Gasteiger partial charge in [-0.3, -0.25) is 4.90 Å². The largest absolute Gasteiger partial charge is 0.395 e. The van der Waals surface area contributed by atoms with Crippen molar-refractivity contribution in [1.82, 2.24) is 10.2 Å². The van der Waals surface area contributed by atoms with Crippen molar-refractivity contribution in [1.29, 1.82) is 0 Å². The molecule has 0 aliphatic carbocycles. The number of hydrogen-bond donors (Lipinski definition) is 2. The van der Waals surface area contributed by atoms with Crippen molar-refractivity contribution in [3.8, 4) is 0 Å². The van der Waals surface area contributed by atoms with Crippen molar-refractivity contribution in [2.45, 2.75) is 19.9 Å². The van der Waals surface area contributed by atoms with Crippen molar-refractivity contribution in [3.05, 3.63) is 0 Å². The van der Waals surface area contributed by atoms with Crippen LogP contribution >= 0.6 is 0 Å². The Balaban J connectivity index is 3.97. The lowest BCUT2D eigenvalue weighted by Gasteiger charge is -2.27. The number of aliphatic hydroxyl groups is 1. The first-order chi connectivity index (χ1) is 7.13. The molecular weight excluding hydrogens is 192 g/mol. The number of methoxy groups -OCH3 is 1. The van der Waals surface area contributed by atoms with Crippen molar-refractivity contribution in [3.63, 3.8) is 0 Å². The van der Waals surface area contributed by atoms with E-state index in [1.807, 2.05) is 7.05 Å². The maximum absolute atomic E-state index is 9.11. The minimum atomic E-state index is 0.153. The maximum Gasteiger partial charge on any atom is 0.0597 e. The minimum absolute atomic E-state index is 0.153. The Labute approximate surface area is 93.6 Å². The summed E-state index contributed by atoms with van der Waals surface area (Å²) in [5.41, 5.74) is 0. The van der Waals surface area contributed by atoms with Crippen LogP contribution in [0.25, 0.3) is 0 Å². The second-order valence-corrected chi connectivity index (χ2v) is 4.31. The summed E-state index contributed by atoms with van der Waals surface area (Å²) in [6.45, 7) is 8.16. The molecule has 4 heteroatoms. The van der Waals surface area contributed by atoms with Gasteiger partial charge in [0.25, 0.3) is 0 Å². The molecular formula is C11H26N2O2. The predicted octanol–water partition coefficient (Wildman–Crippen LogP) is 0.171. The zero-order chi connectivity index (χ0) is 11.7. The molecule has 0 aromatic rings. The van der Waals surface area contributed by atoms with Gasteiger partial charge in [-0.2, -0.15) is 0 Å². The van der Waals surface area contributed by atoms with Gasteiger partial charge in [0, 0.05) is 32.8 Å². The molecule has 92 valence electrons. The van der Waals surface area contributed by atoms with E-state index in [-0.39, 0.29) is 12.6 Å². The van der Waals surface area contributed by atoms with E-state index in [1.54, 1.807) is 7.11 Å². The summed E-state index contributed by atoms with van der Waals surface area (Å²) >= 11 is 0. The van der Waals surface area contributed by atoms with Crippen LogP contribution in [0.3, 0.4) is 0 Å². The number of aliphatic hydroxyl groups excluding tert-OH is 1. The second-order valence-electron chi connectivity index (χ2n) is 4.31. The number of nitrogens with one attached hydrogen (secondary N) is 1. The third-order valence-electron chi connectivity index (χ3n) is 2.34. The van der Waals surface area contributed by atoms with Gasteiger partial charge in [-0.25, -0.2) is 0 Å². The van der Waals surface area contributed by atoms with E-state index < -0.39 is 0 Å². The molecule has 0 aromatic heterocycles. The lowest BCUT2D eigenvalue weighted by atomic mass is 10.2. The fourth-order valence-corrected chi connectivity index (χ4v) is 1.55. The topological polar surface area (TPSA) is 44.7 Å². The first-order valence-corrected chi connectivity index (χ1v) is 5.63. The third-order valence-corrected chi connectivity index (χ3v) is 2.34. The van der Waals surface area contributed by atoms with Gasteiger partial charge in [0.2, 0.25) is 0 Å². The molecule has 0 aliphatic rings. The first-order valence-electron chi connectivity index (χ1n) is 5.63. The highest BCUT2D eigenvalue weighted by Crippen LogP contribution is 2.00. The molecule has 0 rings (SSSR count). The highest BCUT2D eigenvalue weighted by atomic mass is 16.5. The Morgan fingerprint density at radius 1 is 1.33 bits per heavy atom. The number of likely N-dealkylation sites (N-methyl/N-ethyl adjacent to an activating group) is 1. The van der Waals surface area contributed by atoms with Crippen molar-refractivity contribution >= 4 is 0 Å². The van der Waals surface area contributed by atoms with E-state index in [0.717, 1.165) is 26.2 Å². The average Bonchev–Trinajstić information content (AvgIpc) is 2.21. The van der Waals surface area contributed by atoms with Gasteiger partial charge < -0.3 is 15.2 Å². The molecule has 1 atom stereocenters. The summed E-state index contributed by atoms with van der Waals surface area (Å²) in [7, 11) is 3.60. The molecule has 0 aromatic carbocycles. The van der Waals surface area contributed by atoms with E-state index in [0.29, 0.717) is 5.92 Å². The summed E-state index contributed by atoms with van der Waals surface area (Å²) < 4.78 is 5.08. The van der Waals surface area contributed by atoms with Crippen molar-refractivity contribution < 1.29 is 9.84 Å². The molecule has 0 saturated carbocycles.